The van der Waals surface area contributed by atoms with Crippen molar-refractivity contribution in [2.24, 2.45) is 0 Å². The summed E-state index contributed by atoms with van der Waals surface area (Å²) in [5.74, 6) is -0.446. The molecule has 0 spiro atoms. The summed E-state index contributed by atoms with van der Waals surface area (Å²) >= 11 is 5.67. The van der Waals surface area contributed by atoms with Crippen molar-refractivity contribution in [1.29, 1.82) is 0 Å². The number of piperidine rings is 1. The van der Waals surface area contributed by atoms with Crippen molar-refractivity contribution < 1.29 is 23.4 Å². The van der Waals surface area contributed by atoms with E-state index in [9.17, 15) is 18.7 Å². The molecule has 0 saturated carbocycles. The van der Waals surface area contributed by atoms with Crippen LogP contribution >= 0.6 is 11.6 Å². The van der Waals surface area contributed by atoms with E-state index in [0.29, 0.717) is 58.2 Å². The Bertz CT molecular complexity index is 1250. The zero-order valence-corrected chi connectivity index (χ0v) is 20.0. The summed E-state index contributed by atoms with van der Waals surface area (Å²) in [5, 5.41) is 13.5. The van der Waals surface area contributed by atoms with E-state index in [2.05, 4.69) is 25.3 Å². The average molecular weight is 523 g/mol. The molecule has 0 atom stereocenters. The third kappa shape index (κ3) is 4.85. The molecule has 2 aliphatic rings. The van der Waals surface area contributed by atoms with Crippen LogP contribution in [0, 0.1) is 0 Å². The normalized spacial score (nSPS) is 17.2. The number of phenols is 1. The van der Waals surface area contributed by atoms with Crippen LogP contribution in [0.5, 0.6) is 5.75 Å². The molecule has 36 heavy (non-hydrogen) atoms. The maximum atomic E-state index is 14.0. The van der Waals surface area contributed by atoms with Gasteiger partial charge >= 0.3 is 0 Å². The van der Waals surface area contributed by atoms with Crippen LogP contribution in [0.15, 0.2) is 18.2 Å². The number of nitrogens with zero attached hydrogens (tertiary/aromatic N) is 7. The number of para-hydroxylation sites is 1. The Balaban J connectivity index is 1.53. The van der Waals surface area contributed by atoms with Crippen LogP contribution in [-0.4, -0.2) is 91.7 Å². The second-order valence-electron chi connectivity index (χ2n) is 8.54. The first-order valence-electron chi connectivity index (χ1n) is 11.6. The first-order chi connectivity index (χ1) is 17.4. The van der Waals surface area contributed by atoms with Gasteiger partial charge in [0.25, 0.3) is 6.43 Å². The average Bonchev–Trinajstić information content (AvgIpc) is 3.30. The highest BCUT2D eigenvalue weighted by atomic mass is 35.5. The van der Waals surface area contributed by atoms with Crippen LogP contribution < -0.4 is 10.2 Å². The lowest BCUT2D eigenvalue weighted by molar-refractivity contribution is -0.129. The van der Waals surface area contributed by atoms with Crippen molar-refractivity contribution in [3.8, 4) is 11.7 Å². The number of hydrogen-bond acceptors (Lipinski definition) is 9. The van der Waals surface area contributed by atoms with Crippen LogP contribution in [0.4, 0.5) is 20.7 Å². The Morgan fingerprint density at radius 2 is 1.83 bits per heavy atom. The fraction of sp³-hybridized carbons (Fsp3) is 0.500. The number of carbonyl (C=O) groups excluding carboxylic acids is 1. The topological polar surface area (TPSA) is 122 Å². The molecule has 2 fully saturated rings. The Kier molecular flexibility index (Phi) is 7.01. The number of aromatic hydroxyl groups is 1. The SMILES string of the molecule is O=C(CCl)N1CCC(Nc2nc(N3CCOCC3)nc(-n3c(C(F)F)nc4c(O)cccc43)n2)CC1. The molecule has 1 aromatic carbocycles. The van der Waals surface area contributed by atoms with Crippen LogP contribution in [0.3, 0.4) is 0 Å². The van der Waals surface area contributed by atoms with Gasteiger partial charge in [0.15, 0.2) is 5.82 Å². The van der Waals surface area contributed by atoms with Gasteiger partial charge in [0, 0.05) is 32.2 Å². The highest BCUT2D eigenvalue weighted by Crippen LogP contribution is 2.31. The highest BCUT2D eigenvalue weighted by molar-refractivity contribution is 6.27. The Labute approximate surface area is 210 Å². The largest absolute Gasteiger partial charge is 0.506 e. The summed E-state index contributed by atoms with van der Waals surface area (Å²) in [6, 6.07) is 4.47. The van der Waals surface area contributed by atoms with E-state index in [-0.39, 0.29) is 46.5 Å². The summed E-state index contributed by atoms with van der Waals surface area (Å²) in [4.78, 5) is 33.0. The first kappa shape index (κ1) is 24.4. The van der Waals surface area contributed by atoms with Crippen LogP contribution in [0.1, 0.15) is 25.1 Å². The molecule has 0 bridgehead atoms. The minimum Gasteiger partial charge on any atom is -0.506 e. The van der Waals surface area contributed by atoms with Gasteiger partial charge in [-0.25, -0.2) is 13.8 Å². The molecule has 3 aromatic rings. The van der Waals surface area contributed by atoms with Gasteiger partial charge in [-0.15, -0.1) is 11.6 Å². The molecule has 0 unspecified atom stereocenters. The molecule has 4 heterocycles. The number of aromatic nitrogens is 5. The van der Waals surface area contributed by atoms with Crippen molar-refractivity contribution in [3.05, 3.63) is 24.0 Å². The number of carbonyl (C=O) groups is 1. The van der Waals surface area contributed by atoms with Gasteiger partial charge in [-0.1, -0.05) is 6.07 Å². The van der Waals surface area contributed by atoms with Gasteiger partial charge in [-0.2, -0.15) is 15.0 Å². The lowest BCUT2D eigenvalue weighted by Crippen LogP contribution is -2.43. The highest BCUT2D eigenvalue weighted by Gasteiger charge is 2.27. The minimum atomic E-state index is -2.93. The second-order valence-corrected chi connectivity index (χ2v) is 8.81. The third-order valence-electron chi connectivity index (χ3n) is 6.29. The van der Waals surface area contributed by atoms with Gasteiger partial charge in [0.05, 0.1) is 18.7 Å². The molecule has 2 saturated heterocycles. The van der Waals surface area contributed by atoms with E-state index in [4.69, 9.17) is 16.3 Å². The molecule has 0 aliphatic carbocycles. The summed E-state index contributed by atoms with van der Waals surface area (Å²) in [6.45, 7) is 3.13. The zero-order chi connectivity index (χ0) is 25.2. The molecule has 2 aliphatic heterocycles. The lowest BCUT2D eigenvalue weighted by atomic mass is 10.1. The lowest BCUT2D eigenvalue weighted by Gasteiger charge is -2.32. The Morgan fingerprint density at radius 3 is 2.53 bits per heavy atom. The number of halogens is 3. The van der Waals surface area contributed by atoms with Gasteiger partial charge in [-0.05, 0) is 25.0 Å². The number of amides is 1. The quantitative estimate of drug-likeness (QED) is 0.470. The van der Waals surface area contributed by atoms with Gasteiger partial charge < -0.3 is 25.0 Å². The standard InChI is InChI=1S/C22H25ClF2N8O3/c23-12-16(35)31-6-4-13(5-7-31)26-20-28-21(32-8-10-36-11-9-32)30-22(29-20)33-14-2-1-3-15(34)17(14)27-19(33)18(24)25/h1-3,13,18,34H,4-12H2,(H,26,28,29,30). The number of nitrogens with one attached hydrogen (secondary N) is 1. The number of morpholine rings is 1. The number of anilines is 2. The second kappa shape index (κ2) is 10.3. The molecule has 5 rings (SSSR count). The fourth-order valence-corrected chi connectivity index (χ4v) is 4.59. The van der Waals surface area contributed by atoms with E-state index in [0.717, 1.165) is 4.57 Å². The Morgan fingerprint density at radius 1 is 1.11 bits per heavy atom. The molecule has 0 radical (unpaired) electrons. The molecular formula is C22H25ClF2N8O3. The van der Waals surface area contributed by atoms with Crippen molar-refractivity contribution in [1.82, 2.24) is 29.4 Å². The van der Waals surface area contributed by atoms with Crippen molar-refractivity contribution in [2.75, 3.05) is 55.5 Å². The maximum Gasteiger partial charge on any atom is 0.296 e. The van der Waals surface area contributed by atoms with Crippen molar-refractivity contribution >= 4 is 40.4 Å². The van der Waals surface area contributed by atoms with E-state index in [1.807, 2.05) is 4.90 Å². The van der Waals surface area contributed by atoms with E-state index in [1.54, 1.807) is 17.0 Å². The molecule has 2 aromatic heterocycles. The van der Waals surface area contributed by atoms with E-state index < -0.39 is 12.2 Å². The molecule has 1 amide bonds. The van der Waals surface area contributed by atoms with Gasteiger partial charge in [-0.3, -0.25) is 9.36 Å². The first-order valence-corrected chi connectivity index (χ1v) is 12.2. The summed E-state index contributed by atoms with van der Waals surface area (Å²) in [7, 11) is 0. The predicted molar refractivity (Wildman–Crippen MR) is 128 cm³/mol. The third-order valence-corrected chi connectivity index (χ3v) is 6.51. The van der Waals surface area contributed by atoms with Crippen LogP contribution in [0.2, 0.25) is 0 Å². The molecule has 14 heteroatoms. The fourth-order valence-electron chi connectivity index (χ4n) is 4.42. The summed E-state index contributed by atoms with van der Waals surface area (Å²) in [5.41, 5.74) is 0.287. The Hall–Kier alpha value is -3.32. The monoisotopic (exact) mass is 522 g/mol. The number of rotatable bonds is 6. The van der Waals surface area contributed by atoms with E-state index in [1.165, 1.54) is 6.07 Å². The minimum absolute atomic E-state index is 0.0321. The maximum absolute atomic E-state index is 14.0. The number of fused-ring (bicyclic) bond motifs is 1. The predicted octanol–water partition coefficient (Wildman–Crippen LogP) is 2.33. The number of alkyl halides is 3. The molecule has 2 N–H and O–H groups in total. The molecule has 11 nitrogen and oxygen atoms in total. The number of phenolic OH excluding ortho intramolecular Hbond substituents is 1. The number of ether oxygens (including phenoxy) is 1. The number of hydrogen-bond donors (Lipinski definition) is 2. The van der Waals surface area contributed by atoms with Crippen molar-refractivity contribution in [3.63, 3.8) is 0 Å². The summed E-state index contributed by atoms with van der Waals surface area (Å²) in [6.07, 6.45) is -1.62. The smallest absolute Gasteiger partial charge is 0.296 e. The van der Waals surface area contributed by atoms with Crippen LogP contribution in [0.25, 0.3) is 17.0 Å². The van der Waals surface area contributed by atoms with Gasteiger partial charge in [0.2, 0.25) is 23.8 Å². The number of imidazole rings is 1. The molecule has 192 valence electrons. The van der Waals surface area contributed by atoms with E-state index >= 15 is 0 Å². The number of likely N-dealkylation sites (tertiary alicyclic amines) is 1. The van der Waals surface area contributed by atoms with Gasteiger partial charge in [0.1, 0.15) is 17.1 Å². The zero-order valence-electron chi connectivity index (χ0n) is 19.3. The summed E-state index contributed by atoms with van der Waals surface area (Å²) < 4.78 is 34.6. The molecular weight excluding hydrogens is 498 g/mol. The van der Waals surface area contributed by atoms with Crippen molar-refractivity contribution in [2.45, 2.75) is 25.3 Å². The number of benzene rings is 1. The van der Waals surface area contributed by atoms with Crippen LogP contribution in [-0.2, 0) is 9.53 Å².